The number of amides is 2. The molecule has 1 aliphatic heterocycles. The maximum Gasteiger partial charge on any atom is 0.251 e. The van der Waals surface area contributed by atoms with Crippen LogP contribution in [-0.4, -0.2) is 63.5 Å². The summed E-state index contributed by atoms with van der Waals surface area (Å²) in [5.41, 5.74) is 0.737. The summed E-state index contributed by atoms with van der Waals surface area (Å²) in [6.07, 6.45) is 0. The smallest absolute Gasteiger partial charge is 0.251 e. The van der Waals surface area contributed by atoms with Gasteiger partial charge in [0.15, 0.2) is 0 Å². The van der Waals surface area contributed by atoms with Crippen LogP contribution in [0.15, 0.2) is 53.4 Å². The van der Waals surface area contributed by atoms with Crippen LogP contribution in [0.5, 0.6) is 5.75 Å². The number of ether oxygens (including phenoxy) is 2. The van der Waals surface area contributed by atoms with Gasteiger partial charge in [-0.25, -0.2) is 8.42 Å². The van der Waals surface area contributed by atoms with Crippen molar-refractivity contribution in [3.8, 4) is 5.75 Å². The lowest BCUT2D eigenvalue weighted by molar-refractivity contribution is -0.118. The molecule has 2 N–H and O–H groups in total. The zero-order valence-electron chi connectivity index (χ0n) is 19.6. The van der Waals surface area contributed by atoms with Crippen LogP contribution in [0.2, 0.25) is 0 Å². The standard InChI is InChI=1S/C24H31N3O6S/c1-4-33-20-11-10-19(16-21(20)34(30,31)27-12-14-32-15-13-27)25-24(29)22(17(2)3)26-23(28)18-8-6-5-7-9-18/h5-11,16-17,22H,4,12-15H2,1-3H3,(H,25,29)(H,26,28)/t22-/m0/s1. The summed E-state index contributed by atoms with van der Waals surface area (Å²) in [6, 6.07) is 12.3. The minimum Gasteiger partial charge on any atom is -0.492 e. The average molecular weight is 490 g/mol. The van der Waals surface area contributed by atoms with Crippen LogP contribution in [0, 0.1) is 5.92 Å². The highest BCUT2D eigenvalue weighted by molar-refractivity contribution is 7.89. The number of rotatable bonds is 9. The van der Waals surface area contributed by atoms with Gasteiger partial charge in [-0.3, -0.25) is 9.59 Å². The quantitative estimate of drug-likeness (QED) is 0.560. The summed E-state index contributed by atoms with van der Waals surface area (Å²) in [5, 5.41) is 5.51. The summed E-state index contributed by atoms with van der Waals surface area (Å²) >= 11 is 0. The van der Waals surface area contributed by atoms with E-state index in [1.165, 1.54) is 16.4 Å². The lowest BCUT2D eigenvalue weighted by atomic mass is 10.0. The second-order valence-corrected chi connectivity index (χ2v) is 10.1. The van der Waals surface area contributed by atoms with Crippen LogP contribution < -0.4 is 15.4 Å². The predicted octanol–water partition coefficient (Wildman–Crippen LogP) is 2.50. The van der Waals surface area contributed by atoms with Gasteiger partial charge in [0.2, 0.25) is 15.9 Å². The van der Waals surface area contributed by atoms with E-state index in [0.29, 0.717) is 24.5 Å². The zero-order valence-corrected chi connectivity index (χ0v) is 20.4. The molecular weight excluding hydrogens is 458 g/mol. The van der Waals surface area contributed by atoms with E-state index < -0.39 is 22.0 Å². The Labute approximate surface area is 200 Å². The van der Waals surface area contributed by atoms with Crippen molar-refractivity contribution in [2.24, 2.45) is 5.92 Å². The van der Waals surface area contributed by atoms with Crippen molar-refractivity contribution >= 4 is 27.5 Å². The fourth-order valence-electron chi connectivity index (χ4n) is 3.56. The number of carbonyl (C=O) groups is 2. The minimum atomic E-state index is -3.86. The Balaban J connectivity index is 1.83. The molecule has 1 atom stereocenters. The predicted molar refractivity (Wildman–Crippen MR) is 128 cm³/mol. The normalized spacial score (nSPS) is 15.5. The largest absolute Gasteiger partial charge is 0.492 e. The van der Waals surface area contributed by atoms with Crippen LogP contribution in [0.3, 0.4) is 0 Å². The van der Waals surface area contributed by atoms with Crippen molar-refractivity contribution in [1.82, 2.24) is 9.62 Å². The molecule has 9 nitrogen and oxygen atoms in total. The molecule has 2 aromatic carbocycles. The number of morpholine rings is 1. The molecule has 1 heterocycles. The number of benzene rings is 2. The molecule has 0 aromatic heterocycles. The SMILES string of the molecule is CCOc1ccc(NC(=O)[C@@H](NC(=O)c2ccccc2)C(C)C)cc1S(=O)(=O)N1CCOCC1. The Hall–Kier alpha value is -2.95. The van der Waals surface area contributed by atoms with E-state index in [9.17, 15) is 18.0 Å². The maximum absolute atomic E-state index is 13.3. The van der Waals surface area contributed by atoms with Gasteiger partial charge in [0, 0.05) is 24.3 Å². The molecule has 0 saturated carbocycles. The van der Waals surface area contributed by atoms with Crippen LogP contribution >= 0.6 is 0 Å². The van der Waals surface area contributed by atoms with E-state index in [4.69, 9.17) is 9.47 Å². The van der Waals surface area contributed by atoms with E-state index in [1.807, 2.05) is 13.8 Å². The zero-order chi connectivity index (χ0) is 24.7. The number of hydrogen-bond acceptors (Lipinski definition) is 6. The Morgan fingerprint density at radius 1 is 1.09 bits per heavy atom. The lowest BCUT2D eigenvalue weighted by Crippen LogP contribution is -2.47. The molecule has 3 rings (SSSR count). The van der Waals surface area contributed by atoms with Gasteiger partial charge in [0.05, 0.1) is 19.8 Å². The maximum atomic E-state index is 13.3. The first-order valence-electron chi connectivity index (χ1n) is 11.3. The molecule has 1 aliphatic rings. The van der Waals surface area contributed by atoms with Gasteiger partial charge in [0.1, 0.15) is 16.7 Å². The van der Waals surface area contributed by atoms with E-state index in [1.54, 1.807) is 43.3 Å². The summed E-state index contributed by atoms with van der Waals surface area (Å²) in [6.45, 7) is 6.82. The van der Waals surface area contributed by atoms with Gasteiger partial charge in [0.25, 0.3) is 5.91 Å². The molecule has 2 aromatic rings. The summed E-state index contributed by atoms with van der Waals surface area (Å²) in [4.78, 5) is 25.6. The van der Waals surface area contributed by atoms with Gasteiger partial charge in [-0.2, -0.15) is 4.31 Å². The molecular formula is C24H31N3O6S. The monoisotopic (exact) mass is 489 g/mol. The fourth-order valence-corrected chi connectivity index (χ4v) is 5.12. The first-order chi connectivity index (χ1) is 16.2. The Morgan fingerprint density at radius 3 is 2.38 bits per heavy atom. The third-order valence-electron chi connectivity index (χ3n) is 5.37. The highest BCUT2D eigenvalue weighted by Crippen LogP contribution is 2.30. The Morgan fingerprint density at radius 2 is 1.76 bits per heavy atom. The van der Waals surface area contributed by atoms with Gasteiger partial charge >= 0.3 is 0 Å². The molecule has 1 fully saturated rings. The lowest BCUT2D eigenvalue weighted by Gasteiger charge is -2.27. The van der Waals surface area contributed by atoms with Gasteiger partial charge in [-0.05, 0) is 43.2 Å². The summed E-state index contributed by atoms with van der Waals surface area (Å²) in [7, 11) is -3.86. The average Bonchev–Trinajstić information content (AvgIpc) is 2.84. The second-order valence-electron chi connectivity index (χ2n) is 8.16. The van der Waals surface area contributed by atoms with E-state index in [2.05, 4.69) is 10.6 Å². The van der Waals surface area contributed by atoms with Crippen LogP contribution in [-0.2, 0) is 19.6 Å². The molecule has 0 spiro atoms. The van der Waals surface area contributed by atoms with Crippen LogP contribution in [0.25, 0.3) is 0 Å². The molecule has 0 unspecified atom stereocenters. The number of sulfonamides is 1. The van der Waals surface area contributed by atoms with E-state index >= 15 is 0 Å². The fraction of sp³-hybridized carbons (Fsp3) is 0.417. The molecule has 1 saturated heterocycles. The topological polar surface area (TPSA) is 114 Å². The van der Waals surface area contributed by atoms with Gasteiger partial charge in [-0.1, -0.05) is 32.0 Å². The third-order valence-corrected chi connectivity index (χ3v) is 7.29. The number of hydrogen-bond donors (Lipinski definition) is 2. The van der Waals surface area contributed by atoms with Gasteiger partial charge < -0.3 is 20.1 Å². The first-order valence-corrected chi connectivity index (χ1v) is 12.7. The number of anilines is 1. The molecule has 184 valence electrons. The van der Waals surface area contributed by atoms with Crippen molar-refractivity contribution < 1.29 is 27.5 Å². The van der Waals surface area contributed by atoms with Crippen LogP contribution in [0.4, 0.5) is 5.69 Å². The number of nitrogens with zero attached hydrogens (tertiary/aromatic N) is 1. The van der Waals surface area contributed by atoms with Crippen molar-refractivity contribution in [1.29, 1.82) is 0 Å². The molecule has 0 radical (unpaired) electrons. The molecule has 0 aliphatic carbocycles. The van der Waals surface area contributed by atoms with E-state index in [-0.39, 0.29) is 42.2 Å². The van der Waals surface area contributed by atoms with Crippen molar-refractivity contribution in [3.63, 3.8) is 0 Å². The van der Waals surface area contributed by atoms with Crippen LogP contribution in [0.1, 0.15) is 31.1 Å². The van der Waals surface area contributed by atoms with Crippen molar-refractivity contribution in [2.45, 2.75) is 31.7 Å². The third kappa shape index (κ3) is 6.13. The minimum absolute atomic E-state index is 0.0246. The Bertz CT molecular complexity index is 1100. The highest BCUT2D eigenvalue weighted by Gasteiger charge is 2.30. The second kappa shape index (κ2) is 11.5. The summed E-state index contributed by atoms with van der Waals surface area (Å²) in [5.74, 6) is -0.799. The Kier molecular flexibility index (Phi) is 8.65. The van der Waals surface area contributed by atoms with Crippen molar-refractivity contribution in [3.05, 3.63) is 54.1 Å². The number of nitrogens with one attached hydrogen (secondary N) is 2. The summed E-state index contributed by atoms with van der Waals surface area (Å²) < 4.78 is 38.7. The number of carbonyl (C=O) groups excluding carboxylic acids is 2. The molecule has 34 heavy (non-hydrogen) atoms. The van der Waals surface area contributed by atoms with E-state index in [0.717, 1.165) is 0 Å². The first kappa shape index (κ1) is 25.7. The molecule has 0 bridgehead atoms. The molecule has 2 amide bonds. The highest BCUT2D eigenvalue weighted by atomic mass is 32.2. The molecule has 10 heteroatoms. The van der Waals surface area contributed by atoms with Gasteiger partial charge in [-0.15, -0.1) is 0 Å². The van der Waals surface area contributed by atoms with Crippen molar-refractivity contribution in [2.75, 3.05) is 38.2 Å².